The van der Waals surface area contributed by atoms with E-state index in [1.807, 2.05) is 0 Å². The van der Waals surface area contributed by atoms with E-state index in [0.717, 1.165) is 0 Å². The van der Waals surface area contributed by atoms with E-state index >= 15 is 0 Å². The van der Waals surface area contributed by atoms with Gasteiger partial charge in [0.2, 0.25) is 10.0 Å². The van der Waals surface area contributed by atoms with Gasteiger partial charge < -0.3 is 5.73 Å². The number of aromatic amines is 1. The van der Waals surface area contributed by atoms with Gasteiger partial charge in [0.05, 0.1) is 4.90 Å². The van der Waals surface area contributed by atoms with E-state index in [-0.39, 0.29) is 4.90 Å². The minimum Gasteiger partial charge on any atom is -0.399 e. The summed E-state index contributed by atoms with van der Waals surface area (Å²) in [5.74, 6) is 0. The molecule has 5 N–H and O–H groups in total. The highest BCUT2D eigenvalue weighted by atomic mass is 32.2. The molecule has 17 heavy (non-hydrogen) atoms. The molecule has 90 valence electrons. The fourth-order valence-corrected chi connectivity index (χ4v) is 2.64. The maximum absolute atomic E-state index is 11.2. The summed E-state index contributed by atoms with van der Waals surface area (Å²) in [7, 11) is -3.77. The lowest BCUT2D eigenvalue weighted by Gasteiger charge is -2.04. The minimum absolute atomic E-state index is 0.0282. The Morgan fingerprint density at radius 1 is 1.29 bits per heavy atom. The summed E-state index contributed by atoms with van der Waals surface area (Å²) in [6.45, 7) is 0. The van der Waals surface area contributed by atoms with E-state index < -0.39 is 10.0 Å². The third-order valence-corrected chi connectivity index (χ3v) is 3.59. The first-order chi connectivity index (χ1) is 7.95. The molecule has 7 nitrogen and oxygen atoms in total. The first kappa shape index (κ1) is 11.9. The number of primary sulfonamides is 1. The van der Waals surface area contributed by atoms with Crippen LogP contribution in [0.5, 0.6) is 0 Å². The Bertz CT molecular complexity index is 623. The van der Waals surface area contributed by atoms with Crippen LogP contribution in [-0.2, 0) is 10.0 Å². The number of nitrogens with two attached hydrogens (primary N) is 2. The Labute approximate surface area is 102 Å². The number of nitrogen functional groups attached to an aromatic ring is 1. The van der Waals surface area contributed by atoms with Gasteiger partial charge in [-0.25, -0.2) is 18.5 Å². The predicted molar refractivity (Wildman–Crippen MR) is 62.7 cm³/mol. The molecular weight excluding hydrogens is 262 g/mol. The topological polar surface area (TPSA) is 128 Å². The van der Waals surface area contributed by atoms with Gasteiger partial charge in [-0.05, 0) is 18.2 Å². The number of sulfonamides is 1. The largest absolute Gasteiger partial charge is 0.399 e. The van der Waals surface area contributed by atoms with Gasteiger partial charge in [0.15, 0.2) is 5.16 Å². The van der Waals surface area contributed by atoms with Crippen molar-refractivity contribution < 1.29 is 8.42 Å². The second-order valence-electron chi connectivity index (χ2n) is 3.18. The molecule has 0 atom stereocenters. The summed E-state index contributed by atoms with van der Waals surface area (Å²) in [4.78, 5) is 4.50. The van der Waals surface area contributed by atoms with Crippen molar-refractivity contribution in [2.75, 3.05) is 5.73 Å². The fourth-order valence-electron chi connectivity index (χ4n) is 1.17. The van der Waals surface area contributed by atoms with Crippen LogP contribution in [0.25, 0.3) is 0 Å². The average Bonchev–Trinajstić information content (AvgIpc) is 2.68. The molecule has 0 aliphatic rings. The summed E-state index contributed by atoms with van der Waals surface area (Å²) in [5, 5.41) is 11.9. The van der Waals surface area contributed by atoms with Gasteiger partial charge in [-0.3, -0.25) is 5.10 Å². The summed E-state index contributed by atoms with van der Waals surface area (Å²) >= 11 is 1.21. The third kappa shape index (κ3) is 2.96. The molecule has 0 unspecified atom stereocenters. The predicted octanol–water partition coefficient (Wildman–Crippen LogP) is 0.186. The molecule has 2 rings (SSSR count). The Balaban J connectivity index is 2.39. The fraction of sp³-hybridized carbons (Fsp3) is 0. The van der Waals surface area contributed by atoms with Crippen molar-refractivity contribution in [1.29, 1.82) is 0 Å². The lowest BCUT2D eigenvalue weighted by atomic mass is 10.3. The van der Waals surface area contributed by atoms with Crippen molar-refractivity contribution in [3.05, 3.63) is 24.5 Å². The van der Waals surface area contributed by atoms with E-state index in [2.05, 4.69) is 15.2 Å². The normalized spacial score (nSPS) is 11.6. The van der Waals surface area contributed by atoms with Gasteiger partial charge in [-0.1, -0.05) is 11.8 Å². The van der Waals surface area contributed by atoms with Crippen LogP contribution in [0.3, 0.4) is 0 Å². The number of benzene rings is 1. The number of H-pyrrole nitrogens is 1. The van der Waals surface area contributed by atoms with Crippen molar-refractivity contribution in [1.82, 2.24) is 15.2 Å². The highest BCUT2D eigenvalue weighted by molar-refractivity contribution is 7.99. The molecule has 0 saturated heterocycles. The zero-order valence-corrected chi connectivity index (χ0v) is 10.1. The number of nitrogens with zero attached hydrogens (tertiary/aromatic N) is 2. The average molecular weight is 271 g/mol. The van der Waals surface area contributed by atoms with E-state index in [1.165, 1.54) is 30.2 Å². The minimum atomic E-state index is -3.77. The first-order valence-electron chi connectivity index (χ1n) is 4.42. The van der Waals surface area contributed by atoms with Crippen LogP contribution >= 0.6 is 11.8 Å². The quantitative estimate of drug-likeness (QED) is 0.683. The molecule has 9 heteroatoms. The number of anilines is 1. The molecule has 0 radical (unpaired) electrons. The zero-order valence-electron chi connectivity index (χ0n) is 8.49. The number of aromatic nitrogens is 3. The lowest BCUT2D eigenvalue weighted by molar-refractivity contribution is 0.597. The molecule has 1 aromatic carbocycles. The molecule has 1 heterocycles. The van der Waals surface area contributed by atoms with E-state index in [0.29, 0.717) is 15.7 Å². The van der Waals surface area contributed by atoms with Crippen LogP contribution < -0.4 is 10.9 Å². The van der Waals surface area contributed by atoms with Crippen LogP contribution in [-0.4, -0.2) is 23.6 Å². The van der Waals surface area contributed by atoms with Gasteiger partial charge in [0.1, 0.15) is 6.33 Å². The molecule has 0 aliphatic heterocycles. The standard InChI is InChI=1S/C8H9N5O2S2/c9-5-1-6(16-8-11-4-12-13-8)3-7(2-5)17(10,14)15/h1-4H,9H2,(H2,10,14,15)(H,11,12,13). The van der Waals surface area contributed by atoms with Crippen LogP contribution in [0.1, 0.15) is 0 Å². The summed E-state index contributed by atoms with van der Waals surface area (Å²) in [6.07, 6.45) is 1.36. The third-order valence-electron chi connectivity index (χ3n) is 1.84. The van der Waals surface area contributed by atoms with Gasteiger partial charge in [-0.2, -0.15) is 5.10 Å². The molecule has 2 aromatic rings. The van der Waals surface area contributed by atoms with E-state index in [9.17, 15) is 8.42 Å². The lowest BCUT2D eigenvalue weighted by Crippen LogP contribution is -2.12. The molecule has 0 aliphatic carbocycles. The Hall–Kier alpha value is -1.58. The van der Waals surface area contributed by atoms with Gasteiger partial charge >= 0.3 is 0 Å². The Kier molecular flexibility index (Phi) is 3.05. The van der Waals surface area contributed by atoms with Crippen molar-refractivity contribution in [2.45, 2.75) is 14.9 Å². The van der Waals surface area contributed by atoms with Crippen LogP contribution in [0.4, 0.5) is 5.69 Å². The monoisotopic (exact) mass is 271 g/mol. The summed E-state index contributed by atoms with van der Waals surface area (Å²) in [6, 6.07) is 4.36. The number of hydrogen-bond donors (Lipinski definition) is 3. The SMILES string of the molecule is Nc1cc(Sc2ncn[nH]2)cc(S(N)(=O)=O)c1. The van der Waals surface area contributed by atoms with E-state index in [1.54, 1.807) is 6.07 Å². The van der Waals surface area contributed by atoms with Crippen molar-refractivity contribution in [2.24, 2.45) is 5.14 Å². The molecule has 1 aromatic heterocycles. The maximum Gasteiger partial charge on any atom is 0.238 e. The van der Waals surface area contributed by atoms with Crippen LogP contribution in [0.2, 0.25) is 0 Å². The first-order valence-corrected chi connectivity index (χ1v) is 6.78. The summed E-state index contributed by atoms with van der Waals surface area (Å²) < 4.78 is 22.4. The van der Waals surface area contributed by atoms with Crippen molar-refractivity contribution >= 4 is 27.5 Å². The molecule has 0 fully saturated rings. The summed E-state index contributed by atoms with van der Waals surface area (Å²) in [5.41, 5.74) is 5.92. The van der Waals surface area contributed by atoms with Gasteiger partial charge in [0.25, 0.3) is 0 Å². The van der Waals surface area contributed by atoms with Gasteiger partial charge in [0, 0.05) is 10.6 Å². The number of rotatable bonds is 3. The second kappa shape index (κ2) is 4.35. The van der Waals surface area contributed by atoms with Crippen LogP contribution in [0.15, 0.2) is 39.5 Å². The van der Waals surface area contributed by atoms with Crippen molar-refractivity contribution in [3.8, 4) is 0 Å². The molecule has 0 saturated carbocycles. The Morgan fingerprint density at radius 3 is 2.65 bits per heavy atom. The van der Waals surface area contributed by atoms with Crippen molar-refractivity contribution in [3.63, 3.8) is 0 Å². The van der Waals surface area contributed by atoms with E-state index in [4.69, 9.17) is 10.9 Å². The maximum atomic E-state index is 11.2. The smallest absolute Gasteiger partial charge is 0.238 e. The number of nitrogens with one attached hydrogen (secondary N) is 1. The molecule has 0 bridgehead atoms. The highest BCUT2D eigenvalue weighted by Gasteiger charge is 2.11. The molecule has 0 spiro atoms. The zero-order chi connectivity index (χ0) is 12.5. The molecular formula is C8H9N5O2S2. The second-order valence-corrected chi connectivity index (χ2v) is 5.80. The number of hydrogen-bond acceptors (Lipinski definition) is 6. The Morgan fingerprint density at radius 2 is 2.06 bits per heavy atom. The van der Waals surface area contributed by atoms with Crippen LogP contribution in [0, 0.1) is 0 Å². The molecule has 0 amide bonds. The highest BCUT2D eigenvalue weighted by Crippen LogP contribution is 2.28. The van der Waals surface area contributed by atoms with Gasteiger partial charge in [-0.15, -0.1) is 0 Å².